The first-order valence-corrected chi connectivity index (χ1v) is 6.05. The summed E-state index contributed by atoms with van der Waals surface area (Å²) in [6.45, 7) is -2.89. The van der Waals surface area contributed by atoms with Gasteiger partial charge >= 0.3 is 12.6 Å². The van der Waals surface area contributed by atoms with Gasteiger partial charge in [-0.25, -0.2) is 9.78 Å². The molecule has 5 nitrogen and oxygen atoms in total. The molecule has 0 amide bonds. The van der Waals surface area contributed by atoms with Crippen molar-refractivity contribution < 1.29 is 23.4 Å². The van der Waals surface area contributed by atoms with Crippen LogP contribution >= 0.6 is 11.6 Å². The SMILES string of the molecule is O=C(O)c1nc(Nc2ccc(OC(F)F)cc2)ccc1Cl. The van der Waals surface area contributed by atoms with Crippen LogP contribution in [-0.4, -0.2) is 22.7 Å². The fourth-order valence-corrected chi connectivity index (χ4v) is 1.72. The highest BCUT2D eigenvalue weighted by Gasteiger charge is 2.11. The van der Waals surface area contributed by atoms with Gasteiger partial charge in [0, 0.05) is 5.69 Å². The molecule has 2 rings (SSSR count). The number of pyridine rings is 1. The van der Waals surface area contributed by atoms with E-state index in [0.29, 0.717) is 5.69 Å². The highest BCUT2D eigenvalue weighted by atomic mass is 35.5. The van der Waals surface area contributed by atoms with Crippen LogP contribution in [0.4, 0.5) is 20.3 Å². The molecule has 0 aliphatic carbocycles. The first-order valence-electron chi connectivity index (χ1n) is 5.67. The molecule has 0 fully saturated rings. The van der Waals surface area contributed by atoms with Gasteiger partial charge in [-0.05, 0) is 36.4 Å². The Morgan fingerprint density at radius 2 is 1.90 bits per heavy atom. The zero-order valence-corrected chi connectivity index (χ0v) is 11.1. The van der Waals surface area contributed by atoms with Crippen molar-refractivity contribution in [3.05, 3.63) is 47.1 Å². The van der Waals surface area contributed by atoms with E-state index >= 15 is 0 Å². The molecule has 0 saturated heterocycles. The second-order valence-electron chi connectivity index (χ2n) is 3.86. The molecule has 0 aliphatic heterocycles. The van der Waals surface area contributed by atoms with E-state index in [9.17, 15) is 13.6 Å². The standard InChI is InChI=1S/C13H9ClF2N2O3/c14-9-5-6-10(18-11(9)12(19)20)17-7-1-3-8(4-2-7)21-13(15)16/h1-6,13H,(H,17,18)(H,19,20). The number of anilines is 2. The van der Waals surface area contributed by atoms with Gasteiger partial charge in [-0.2, -0.15) is 8.78 Å². The third kappa shape index (κ3) is 4.03. The largest absolute Gasteiger partial charge is 0.476 e. The first kappa shape index (κ1) is 15.0. The van der Waals surface area contributed by atoms with Crippen molar-refractivity contribution in [3.63, 3.8) is 0 Å². The molecule has 1 heterocycles. The molecular weight excluding hydrogens is 306 g/mol. The average Bonchev–Trinajstić information content (AvgIpc) is 2.42. The number of benzene rings is 1. The fourth-order valence-electron chi connectivity index (χ4n) is 1.53. The summed E-state index contributed by atoms with van der Waals surface area (Å²) < 4.78 is 28.2. The highest BCUT2D eigenvalue weighted by molar-refractivity contribution is 6.33. The van der Waals surface area contributed by atoms with Crippen LogP contribution in [0, 0.1) is 0 Å². The normalized spacial score (nSPS) is 10.5. The van der Waals surface area contributed by atoms with Crippen LogP contribution in [0.1, 0.15) is 10.5 Å². The highest BCUT2D eigenvalue weighted by Crippen LogP contribution is 2.22. The average molecular weight is 315 g/mol. The summed E-state index contributed by atoms with van der Waals surface area (Å²) in [5.74, 6) is -0.963. The van der Waals surface area contributed by atoms with Crippen LogP contribution in [0.25, 0.3) is 0 Å². The lowest BCUT2D eigenvalue weighted by Gasteiger charge is -2.08. The van der Waals surface area contributed by atoms with Crippen LogP contribution < -0.4 is 10.1 Å². The Hall–Kier alpha value is -2.41. The molecule has 0 saturated carbocycles. The minimum absolute atomic E-state index is 0.0193. The van der Waals surface area contributed by atoms with E-state index in [1.54, 1.807) is 0 Å². The quantitative estimate of drug-likeness (QED) is 0.878. The molecule has 0 unspecified atom stereocenters. The molecule has 0 aliphatic rings. The molecule has 1 aromatic heterocycles. The zero-order valence-electron chi connectivity index (χ0n) is 10.4. The maximum Gasteiger partial charge on any atom is 0.387 e. The van der Waals surface area contributed by atoms with Crippen LogP contribution in [-0.2, 0) is 0 Å². The number of hydrogen-bond acceptors (Lipinski definition) is 4. The summed E-state index contributed by atoms with van der Waals surface area (Å²) in [5.41, 5.74) is 0.252. The number of rotatable bonds is 5. The van der Waals surface area contributed by atoms with Crippen LogP contribution in [0.3, 0.4) is 0 Å². The van der Waals surface area contributed by atoms with Gasteiger partial charge in [0.25, 0.3) is 0 Å². The molecule has 0 radical (unpaired) electrons. The van der Waals surface area contributed by atoms with Crippen molar-refractivity contribution >= 4 is 29.1 Å². The summed E-state index contributed by atoms with van der Waals surface area (Å²) in [5, 5.41) is 11.8. The maximum absolute atomic E-state index is 12.0. The van der Waals surface area contributed by atoms with E-state index in [4.69, 9.17) is 16.7 Å². The Kier molecular flexibility index (Phi) is 4.54. The number of nitrogens with one attached hydrogen (secondary N) is 1. The minimum Gasteiger partial charge on any atom is -0.476 e. The predicted octanol–water partition coefficient (Wildman–Crippen LogP) is 3.78. The van der Waals surface area contributed by atoms with Gasteiger partial charge in [0.15, 0.2) is 5.69 Å². The van der Waals surface area contributed by atoms with Gasteiger partial charge in [0.2, 0.25) is 0 Å². The predicted molar refractivity (Wildman–Crippen MR) is 72.6 cm³/mol. The monoisotopic (exact) mass is 314 g/mol. The lowest BCUT2D eigenvalue weighted by Crippen LogP contribution is -2.04. The molecule has 21 heavy (non-hydrogen) atoms. The molecule has 8 heteroatoms. The van der Waals surface area contributed by atoms with Gasteiger partial charge in [-0.1, -0.05) is 11.6 Å². The molecule has 2 N–H and O–H groups in total. The lowest BCUT2D eigenvalue weighted by molar-refractivity contribution is -0.0498. The number of carboxylic acid groups (broad SMARTS) is 1. The van der Waals surface area contributed by atoms with E-state index in [0.717, 1.165) is 0 Å². The third-order valence-corrected chi connectivity index (χ3v) is 2.71. The van der Waals surface area contributed by atoms with Crippen LogP contribution in [0.15, 0.2) is 36.4 Å². The Balaban J connectivity index is 2.14. The van der Waals surface area contributed by atoms with Gasteiger partial charge < -0.3 is 15.2 Å². The van der Waals surface area contributed by atoms with Crippen LogP contribution in [0.5, 0.6) is 5.75 Å². The van der Waals surface area contributed by atoms with Crippen molar-refractivity contribution in [2.24, 2.45) is 0 Å². The number of aromatic nitrogens is 1. The smallest absolute Gasteiger partial charge is 0.387 e. The van der Waals surface area contributed by atoms with Crippen molar-refractivity contribution in [1.82, 2.24) is 4.98 Å². The summed E-state index contributed by atoms with van der Waals surface area (Å²) in [6, 6.07) is 8.58. The molecule has 0 atom stereocenters. The third-order valence-electron chi connectivity index (χ3n) is 2.40. The van der Waals surface area contributed by atoms with Crippen LogP contribution in [0.2, 0.25) is 5.02 Å². The summed E-state index contributed by atoms with van der Waals surface area (Å²) in [7, 11) is 0. The Bertz CT molecular complexity index is 650. The van der Waals surface area contributed by atoms with Gasteiger partial charge in [-0.3, -0.25) is 0 Å². The zero-order chi connectivity index (χ0) is 15.4. The number of ether oxygens (including phenoxy) is 1. The van der Waals surface area contributed by atoms with Gasteiger partial charge in [0.1, 0.15) is 11.6 Å². The summed E-state index contributed by atoms with van der Waals surface area (Å²) >= 11 is 5.70. The maximum atomic E-state index is 12.0. The van der Waals surface area contributed by atoms with Crippen molar-refractivity contribution in [1.29, 1.82) is 0 Å². The molecule has 2 aromatic rings. The summed E-state index contributed by atoms with van der Waals surface area (Å²) in [6.07, 6.45) is 0. The van der Waals surface area contributed by atoms with Gasteiger partial charge in [-0.15, -0.1) is 0 Å². The lowest BCUT2D eigenvalue weighted by atomic mass is 10.3. The van der Waals surface area contributed by atoms with Crippen molar-refractivity contribution in [3.8, 4) is 5.75 Å². The van der Waals surface area contributed by atoms with E-state index in [1.807, 2.05) is 0 Å². The number of halogens is 3. The van der Waals surface area contributed by atoms with E-state index in [-0.39, 0.29) is 22.3 Å². The van der Waals surface area contributed by atoms with E-state index < -0.39 is 12.6 Å². The Labute approximate surface area is 123 Å². The van der Waals surface area contributed by atoms with Gasteiger partial charge in [0.05, 0.1) is 5.02 Å². The number of aromatic carboxylic acids is 1. The fraction of sp³-hybridized carbons (Fsp3) is 0.0769. The minimum atomic E-state index is -2.89. The topological polar surface area (TPSA) is 71.5 Å². The molecular formula is C13H9ClF2N2O3. The molecule has 110 valence electrons. The number of nitrogens with zero attached hydrogens (tertiary/aromatic N) is 1. The van der Waals surface area contributed by atoms with Crippen molar-refractivity contribution in [2.45, 2.75) is 6.61 Å². The van der Waals surface area contributed by atoms with E-state index in [1.165, 1.54) is 36.4 Å². The first-order chi connectivity index (χ1) is 9.95. The second-order valence-corrected chi connectivity index (χ2v) is 4.27. The number of hydrogen-bond donors (Lipinski definition) is 2. The molecule has 0 spiro atoms. The van der Waals surface area contributed by atoms with E-state index in [2.05, 4.69) is 15.0 Å². The summed E-state index contributed by atoms with van der Waals surface area (Å²) in [4.78, 5) is 14.8. The number of carbonyl (C=O) groups is 1. The Morgan fingerprint density at radius 1 is 1.24 bits per heavy atom. The Morgan fingerprint density at radius 3 is 2.48 bits per heavy atom. The molecule has 1 aromatic carbocycles. The molecule has 0 bridgehead atoms. The number of carboxylic acids is 1. The number of alkyl halides is 2. The van der Waals surface area contributed by atoms with Crippen molar-refractivity contribution in [2.75, 3.05) is 5.32 Å². The second kappa shape index (κ2) is 6.36.